The lowest BCUT2D eigenvalue weighted by atomic mass is 9.93. The molecule has 0 unspecified atom stereocenters. The van der Waals surface area contributed by atoms with Gasteiger partial charge in [-0.2, -0.15) is 0 Å². The fraction of sp³-hybridized carbons (Fsp3) is 0.909. The van der Waals surface area contributed by atoms with Gasteiger partial charge in [-0.05, 0) is 19.8 Å². The van der Waals surface area contributed by atoms with Gasteiger partial charge < -0.3 is 9.64 Å². The fourth-order valence-corrected chi connectivity index (χ4v) is 2.66. The standard InChI is InChI=1S/C11H18FNO2/c1-8-6-9-7-13(11(14)2-4-12)5-3-10(9)15-8/h8-10H,2-7H2,1H3/t8-,9-,10-/m0/s1. The SMILES string of the molecule is C[C@H]1C[C@H]2CN(C(=O)CCF)CC[C@@H]2O1. The lowest BCUT2D eigenvalue weighted by Gasteiger charge is -2.34. The first kappa shape index (κ1) is 10.9. The average Bonchev–Trinajstić information content (AvgIpc) is 2.57. The predicted octanol–water partition coefficient (Wildman–Crippen LogP) is 1.37. The van der Waals surface area contributed by atoms with Crippen LogP contribution < -0.4 is 0 Å². The van der Waals surface area contributed by atoms with E-state index in [2.05, 4.69) is 6.92 Å². The number of nitrogens with zero attached hydrogens (tertiary/aromatic N) is 1. The summed E-state index contributed by atoms with van der Waals surface area (Å²) >= 11 is 0. The number of rotatable bonds is 2. The molecule has 0 bridgehead atoms. The number of carbonyl (C=O) groups excluding carboxylic acids is 1. The quantitative estimate of drug-likeness (QED) is 0.696. The molecule has 0 aromatic carbocycles. The van der Waals surface area contributed by atoms with E-state index in [1.165, 1.54) is 0 Å². The van der Waals surface area contributed by atoms with Gasteiger partial charge in [-0.3, -0.25) is 9.18 Å². The van der Waals surface area contributed by atoms with E-state index in [0.29, 0.717) is 18.1 Å². The Hall–Kier alpha value is -0.640. The molecule has 0 saturated carbocycles. The van der Waals surface area contributed by atoms with Crippen molar-refractivity contribution in [2.24, 2.45) is 5.92 Å². The third-order valence-electron chi connectivity index (χ3n) is 3.37. The summed E-state index contributed by atoms with van der Waals surface area (Å²) in [7, 11) is 0. The Balaban J connectivity index is 1.89. The van der Waals surface area contributed by atoms with Crippen LogP contribution in [-0.4, -0.2) is 42.8 Å². The average molecular weight is 215 g/mol. The third kappa shape index (κ3) is 2.30. The van der Waals surface area contributed by atoms with Gasteiger partial charge in [-0.25, -0.2) is 0 Å². The van der Waals surface area contributed by atoms with E-state index in [9.17, 15) is 9.18 Å². The third-order valence-corrected chi connectivity index (χ3v) is 3.37. The second-order valence-electron chi connectivity index (χ2n) is 4.55. The number of hydrogen-bond acceptors (Lipinski definition) is 2. The number of carbonyl (C=O) groups is 1. The lowest BCUT2D eigenvalue weighted by molar-refractivity contribution is -0.134. The van der Waals surface area contributed by atoms with Crippen molar-refractivity contribution in [3.05, 3.63) is 0 Å². The number of alkyl halides is 1. The molecule has 2 aliphatic rings. The van der Waals surface area contributed by atoms with Crippen LogP contribution in [0.1, 0.15) is 26.2 Å². The van der Waals surface area contributed by atoms with E-state index in [-0.39, 0.29) is 12.3 Å². The molecule has 0 aromatic heterocycles. The molecule has 0 N–H and O–H groups in total. The highest BCUT2D eigenvalue weighted by Crippen LogP contribution is 2.32. The van der Waals surface area contributed by atoms with Crippen LogP contribution in [0.25, 0.3) is 0 Å². The smallest absolute Gasteiger partial charge is 0.225 e. The minimum atomic E-state index is -0.545. The van der Waals surface area contributed by atoms with Crippen molar-refractivity contribution in [1.82, 2.24) is 4.90 Å². The maximum Gasteiger partial charge on any atom is 0.225 e. The van der Waals surface area contributed by atoms with Gasteiger partial charge in [-0.1, -0.05) is 0 Å². The second kappa shape index (κ2) is 4.47. The van der Waals surface area contributed by atoms with Gasteiger partial charge in [0, 0.05) is 19.0 Å². The first-order valence-corrected chi connectivity index (χ1v) is 5.70. The summed E-state index contributed by atoms with van der Waals surface area (Å²) in [6.07, 6.45) is 2.62. The molecular weight excluding hydrogens is 197 g/mol. The summed E-state index contributed by atoms with van der Waals surface area (Å²) in [6, 6.07) is 0. The molecule has 1 amide bonds. The summed E-state index contributed by atoms with van der Waals surface area (Å²) in [5.74, 6) is 0.424. The molecule has 3 nitrogen and oxygen atoms in total. The molecule has 86 valence electrons. The molecule has 0 spiro atoms. The Kier molecular flexibility index (Phi) is 3.24. The number of amides is 1. The van der Waals surface area contributed by atoms with Crippen LogP contribution >= 0.6 is 0 Å². The fourth-order valence-electron chi connectivity index (χ4n) is 2.66. The maximum absolute atomic E-state index is 12.1. The summed E-state index contributed by atoms with van der Waals surface area (Å²) < 4.78 is 17.8. The van der Waals surface area contributed by atoms with E-state index < -0.39 is 6.67 Å². The lowest BCUT2D eigenvalue weighted by Crippen LogP contribution is -2.44. The highest BCUT2D eigenvalue weighted by atomic mass is 19.1. The molecular formula is C11H18FNO2. The summed E-state index contributed by atoms with van der Waals surface area (Å²) in [5, 5.41) is 0. The Morgan fingerprint density at radius 3 is 3.13 bits per heavy atom. The molecule has 4 heteroatoms. The van der Waals surface area contributed by atoms with Gasteiger partial charge in [-0.15, -0.1) is 0 Å². The van der Waals surface area contributed by atoms with Crippen LogP contribution in [0, 0.1) is 5.92 Å². The molecule has 15 heavy (non-hydrogen) atoms. The number of hydrogen-bond donors (Lipinski definition) is 0. The van der Waals surface area contributed by atoms with Gasteiger partial charge in [0.1, 0.15) is 0 Å². The highest BCUT2D eigenvalue weighted by Gasteiger charge is 2.38. The van der Waals surface area contributed by atoms with Gasteiger partial charge in [0.25, 0.3) is 0 Å². The normalized spacial score (nSPS) is 35.3. The predicted molar refractivity (Wildman–Crippen MR) is 54.2 cm³/mol. The Morgan fingerprint density at radius 2 is 2.40 bits per heavy atom. The first-order valence-electron chi connectivity index (χ1n) is 5.70. The molecule has 0 aliphatic carbocycles. The first-order chi connectivity index (χ1) is 7.20. The van der Waals surface area contributed by atoms with Crippen molar-refractivity contribution in [2.45, 2.75) is 38.4 Å². The van der Waals surface area contributed by atoms with Gasteiger partial charge in [0.05, 0.1) is 25.3 Å². The molecule has 0 radical (unpaired) electrons. The Morgan fingerprint density at radius 1 is 1.60 bits per heavy atom. The van der Waals surface area contributed by atoms with Gasteiger partial charge in [0.2, 0.25) is 5.91 Å². The topological polar surface area (TPSA) is 29.5 Å². The highest BCUT2D eigenvalue weighted by molar-refractivity contribution is 5.76. The summed E-state index contributed by atoms with van der Waals surface area (Å²) in [5.41, 5.74) is 0. The van der Waals surface area contributed by atoms with E-state index in [1.807, 2.05) is 0 Å². The molecule has 2 rings (SSSR count). The van der Waals surface area contributed by atoms with E-state index >= 15 is 0 Å². The number of likely N-dealkylation sites (tertiary alicyclic amines) is 1. The van der Waals surface area contributed by atoms with Crippen LogP contribution in [-0.2, 0) is 9.53 Å². The summed E-state index contributed by atoms with van der Waals surface area (Å²) in [4.78, 5) is 13.3. The van der Waals surface area contributed by atoms with Crippen molar-refractivity contribution in [1.29, 1.82) is 0 Å². The number of fused-ring (bicyclic) bond motifs is 1. The van der Waals surface area contributed by atoms with Crippen LogP contribution in [0.3, 0.4) is 0 Å². The zero-order valence-corrected chi connectivity index (χ0v) is 9.12. The Labute approximate surface area is 89.6 Å². The van der Waals surface area contributed by atoms with E-state index in [0.717, 1.165) is 25.9 Å². The number of ether oxygens (including phenoxy) is 1. The monoisotopic (exact) mass is 215 g/mol. The minimum absolute atomic E-state index is 0.0355. The Bertz CT molecular complexity index is 247. The van der Waals surface area contributed by atoms with E-state index in [4.69, 9.17) is 4.74 Å². The van der Waals surface area contributed by atoms with Crippen LogP contribution in [0.4, 0.5) is 4.39 Å². The maximum atomic E-state index is 12.1. The molecule has 3 atom stereocenters. The van der Waals surface area contributed by atoms with Crippen molar-refractivity contribution in [2.75, 3.05) is 19.8 Å². The van der Waals surface area contributed by atoms with E-state index in [1.54, 1.807) is 4.90 Å². The van der Waals surface area contributed by atoms with Gasteiger partial charge >= 0.3 is 0 Å². The molecule has 2 aliphatic heterocycles. The largest absolute Gasteiger partial charge is 0.375 e. The van der Waals surface area contributed by atoms with Gasteiger partial charge in [0.15, 0.2) is 0 Å². The molecule has 0 aromatic rings. The van der Waals surface area contributed by atoms with Crippen molar-refractivity contribution < 1.29 is 13.9 Å². The van der Waals surface area contributed by atoms with Crippen molar-refractivity contribution in [3.8, 4) is 0 Å². The molecule has 2 fully saturated rings. The number of piperidine rings is 1. The van der Waals surface area contributed by atoms with Crippen LogP contribution in [0.15, 0.2) is 0 Å². The number of halogens is 1. The van der Waals surface area contributed by atoms with Crippen LogP contribution in [0.5, 0.6) is 0 Å². The van der Waals surface area contributed by atoms with Crippen LogP contribution in [0.2, 0.25) is 0 Å². The second-order valence-corrected chi connectivity index (χ2v) is 4.55. The zero-order chi connectivity index (χ0) is 10.8. The van der Waals surface area contributed by atoms with Crippen molar-refractivity contribution in [3.63, 3.8) is 0 Å². The van der Waals surface area contributed by atoms with Crippen molar-refractivity contribution >= 4 is 5.91 Å². The zero-order valence-electron chi connectivity index (χ0n) is 9.12. The molecule has 2 saturated heterocycles. The summed E-state index contributed by atoms with van der Waals surface area (Å²) in [6.45, 7) is 3.02. The minimum Gasteiger partial charge on any atom is -0.375 e. The molecule has 2 heterocycles.